The maximum atomic E-state index is 14.2. The van der Waals surface area contributed by atoms with Crippen molar-refractivity contribution in [1.82, 2.24) is 15.6 Å². The molecule has 0 radical (unpaired) electrons. The van der Waals surface area contributed by atoms with Gasteiger partial charge in [0.25, 0.3) is 0 Å². The molecule has 3 rings (SSSR count). The fourth-order valence-corrected chi connectivity index (χ4v) is 4.54. The van der Waals surface area contributed by atoms with E-state index >= 15 is 0 Å². The van der Waals surface area contributed by atoms with Crippen LogP contribution in [-0.2, 0) is 20.7 Å². The number of nitrogens with one attached hydrogen (secondary N) is 4. The van der Waals surface area contributed by atoms with Gasteiger partial charge in [-0.25, -0.2) is 15.0 Å². The van der Waals surface area contributed by atoms with Crippen molar-refractivity contribution >= 4 is 82.5 Å². The molecular formula is C32H35Cl2FN10O4. The lowest BCUT2D eigenvalue weighted by molar-refractivity contribution is -0.117. The van der Waals surface area contributed by atoms with E-state index in [-0.39, 0.29) is 41.6 Å². The fourth-order valence-electron chi connectivity index (χ4n) is 4.21. The monoisotopic (exact) mass is 712 g/mol. The van der Waals surface area contributed by atoms with E-state index in [1.165, 1.54) is 49.0 Å². The molecule has 0 aliphatic carbocycles. The molecule has 1 heterocycles. The van der Waals surface area contributed by atoms with E-state index in [0.29, 0.717) is 33.2 Å². The molecule has 8 N–H and O–H groups in total. The van der Waals surface area contributed by atoms with Gasteiger partial charge >= 0.3 is 6.09 Å². The number of hydrogen-bond acceptors (Lipinski definition) is 10. The minimum Gasteiger partial charge on any atom is -0.453 e. The third kappa shape index (κ3) is 11.6. The van der Waals surface area contributed by atoms with Crippen LogP contribution in [0.3, 0.4) is 0 Å². The predicted octanol–water partition coefficient (Wildman–Crippen LogP) is 4.50. The number of benzene rings is 2. The van der Waals surface area contributed by atoms with E-state index in [0.717, 1.165) is 0 Å². The summed E-state index contributed by atoms with van der Waals surface area (Å²) in [5.41, 5.74) is 2.91. The molecule has 0 unspecified atom stereocenters. The van der Waals surface area contributed by atoms with Crippen molar-refractivity contribution in [2.75, 3.05) is 36.3 Å². The lowest BCUT2D eigenvalue weighted by Crippen LogP contribution is -2.30. The maximum Gasteiger partial charge on any atom is 0.411 e. The van der Waals surface area contributed by atoms with Crippen LogP contribution >= 0.6 is 23.2 Å². The number of aryl methyl sites for hydroxylation is 2. The Morgan fingerprint density at radius 3 is 2.61 bits per heavy atom. The number of ether oxygens (including phenoxy) is 1. The zero-order valence-corrected chi connectivity index (χ0v) is 28.3. The van der Waals surface area contributed by atoms with Crippen LogP contribution in [0, 0.1) is 12.7 Å². The summed E-state index contributed by atoms with van der Waals surface area (Å²) in [7, 11) is 2.79. The van der Waals surface area contributed by atoms with Crippen LogP contribution in [0.15, 0.2) is 69.9 Å². The highest BCUT2D eigenvalue weighted by Gasteiger charge is 2.16. The van der Waals surface area contributed by atoms with E-state index in [1.807, 2.05) is 0 Å². The van der Waals surface area contributed by atoms with Gasteiger partial charge in [0.15, 0.2) is 0 Å². The molecule has 0 aliphatic heterocycles. The van der Waals surface area contributed by atoms with Gasteiger partial charge in [-0.15, -0.1) is 0 Å². The first-order valence-electron chi connectivity index (χ1n) is 14.5. The highest BCUT2D eigenvalue weighted by atomic mass is 35.5. The van der Waals surface area contributed by atoms with Crippen LogP contribution in [0.25, 0.3) is 11.8 Å². The Morgan fingerprint density at radius 2 is 1.90 bits per heavy atom. The zero-order chi connectivity index (χ0) is 35.9. The second kappa shape index (κ2) is 18.7. The summed E-state index contributed by atoms with van der Waals surface area (Å²) in [6.07, 6.45) is 4.63. The Balaban J connectivity index is 1.80. The molecule has 49 heavy (non-hydrogen) atoms. The molecule has 3 amide bonds. The van der Waals surface area contributed by atoms with Gasteiger partial charge in [0.2, 0.25) is 11.8 Å². The summed E-state index contributed by atoms with van der Waals surface area (Å²) >= 11 is 12.6. The third-order valence-electron chi connectivity index (χ3n) is 6.52. The Morgan fingerprint density at radius 1 is 1.12 bits per heavy atom. The number of hydrazone groups is 1. The minimum absolute atomic E-state index is 0.00939. The fraction of sp³-hybridized carbons (Fsp3) is 0.188. The third-order valence-corrected chi connectivity index (χ3v) is 7.12. The van der Waals surface area contributed by atoms with Crippen LogP contribution in [0.5, 0.6) is 0 Å². The molecule has 0 spiro atoms. The molecule has 0 atom stereocenters. The van der Waals surface area contributed by atoms with Crippen LogP contribution < -0.4 is 38.0 Å². The Labute approximate surface area is 292 Å². The molecule has 17 heteroatoms. The number of carbonyl (C=O) groups excluding carboxylic acids is 3. The first-order chi connectivity index (χ1) is 23.4. The van der Waals surface area contributed by atoms with Crippen molar-refractivity contribution < 1.29 is 23.5 Å². The normalized spacial score (nSPS) is 11.8. The summed E-state index contributed by atoms with van der Waals surface area (Å²) < 4.78 is 18.9. The number of anilines is 3. The highest BCUT2D eigenvalue weighted by Crippen LogP contribution is 2.31. The zero-order valence-electron chi connectivity index (χ0n) is 26.8. The van der Waals surface area contributed by atoms with Crippen molar-refractivity contribution in [2.24, 2.45) is 21.8 Å². The van der Waals surface area contributed by atoms with E-state index in [9.17, 15) is 18.8 Å². The van der Waals surface area contributed by atoms with Crippen molar-refractivity contribution in [3.05, 3.63) is 93.1 Å². The topological polar surface area (TPSA) is 201 Å². The molecule has 2 aromatic carbocycles. The predicted molar refractivity (Wildman–Crippen MR) is 192 cm³/mol. The number of halogens is 3. The average molecular weight is 714 g/mol. The minimum atomic E-state index is -0.728. The Kier molecular flexibility index (Phi) is 14.5. The molecule has 258 valence electrons. The molecule has 0 aliphatic rings. The van der Waals surface area contributed by atoms with Crippen molar-refractivity contribution in [1.29, 1.82) is 0 Å². The molecule has 14 nitrogen and oxygen atoms in total. The van der Waals surface area contributed by atoms with Gasteiger partial charge in [0, 0.05) is 59.7 Å². The molecule has 0 bridgehead atoms. The first-order valence-corrected chi connectivity index (χ1v) is 15.2. The van der Waals surface area contributed by atoms with Crippen LogP contribution in [0.2, 0.25) is 5.02 Å². The quantitative estimate of drug-likeness (QED) is 0.0348. The number of aliphatic imine (C=N–C) groups is 1. The molecular weight excluding hydrogens is 678 g/mol. The van der Waals surface area contributed by atoms with Crippen molar-refractivity contribution in [2.45, 2.75) is 19.8 Å². The number of nitrogens with two attached hydrogens (primary N) is 2. The van der Waals surface area contributed by atoms with Crippen LogP contribution in [0.4, 0.5) is 26.2 Å². The van der Waals surface area contributed by atoms with Crippen LogP contribution in [0.1, 0.15) is 28.9 Å². The number of aromatic nitrogens is 1. The summed E-state index contributed by atoms with van der Waals surface area (Å²) in [6, 6.07) is 12.3. The number of rotatable bonds is 14. The second-order valence-corrected chi connectivity index (χ2v) is 10.8. The average Bonchev–Trinajstić information content (AvgIpc) is 3.08. The molecule has 3 aromatic rings. The Hall–Kier alpha value is -5.51. The van der Waals surface area contributed by atoms with Crippen molar-refractivity contribution in [3.8, 4) is 0 Å². The van der Waals surface area contributed by atoms with Gasteiger partial charge in [-0.3, -0.25) is 29.9 Å². The number of methoxy groups -OCH3 is 1. The van der Waals surface area contributed by atoms with Gasteiger partial charge in [-0.05, 0) is 61.5 Å². The first kappa shape index (κ1) is 37.9. The smallest absolute Gasteiger partial charge is 0.411 e. The van der Waals surface area contributed by atoms with Gasteiger partial charge in [0.05, 0.1) is 30.7 Å². The Bertz CT molecular complexity index is 1800. The van der Waals surface area contributed by atoms with E-state index in [2.05, 4.69) is 41.1 Å². The molecule has 0 fully saturated rings. The summed E-state index contributed by atoms with van der Waals surface area (Å²) in [4.78, 5) is 46.1. The van der Waals surface area contributed by atoms with E-state index < -0.39 is 23.7 Å². The lowest BCUT2D eigenvalue weighted by atomic mass is 10.1. The molecule has 0 saturated carbocycles. The highest BCUT2D eigenvalue weighted by molar-refractivity contribution is 6.32. The summed E-state index contributed by atoms with van der Waals surface area (Å²) in [6.45, 7) is 1.72. The van der Waals surface area contributed by atoms with Gasteiger partial charge in [0.1, 0.15) is 23.0 Å². The lowest BCUT2D eigenvalue weighted by Gasteiger charge is -2.15. The van der Waals surface area contributed by atoms with Gasteiger partial charge in [-0.1, -0.05) is 23.2 Å². The number of hydrogen-bond donors (Lipinski definition) is 6. The summed E-state index contributed by atoms with van der Waals surface area (Å²) in [5.74, 6) is 9.68. The van der Waals surface area contributed by atoms with E-state index in [4.69, 9.17) is 34.9 Å². The SMILES string of the molecule is CN/C(Cl)=C(\N=CCNC(=O)/C=C/c1cc(Cl)ccc1N(N)/C=N\N)c1ccc(NC(=O)OC)cc1NC(=O)CCc1nc(C)ccc1F. The number of carbonyl (C=O) groups is 3. The van der Waals surface area contributed by atoms with E-state index in [1.54, 1.807) is 50.4 Å². The van der Waals surface area contributed by atoms with Crippen LogP contribution in [-0.4, -0.2) is 56.1 Å². The van der Waals surface area contributed by atoms with Gasteiger partial charge < -0.3 is 26.5 Å². The molecule has 0 saturated heterocycles. The summed E-state index contributed by atoms with van der Waals surface area (Å²) in [5, 5.41) is 15.9. The maximum absolute atomic E-state index is 14.2. The number of pyridine rings is 1. The largest absolute Gasteiger partial charge is 0.453 e. The second-order valence-electron chi connectivity index (χ2n) is 9.98. The number of nitrogens with zero attached hydrogens (tertiary/aromatic N) is 4. The number of amides is 3. The van der Waals surface area contributed by atoms with Crippen molar-refractivity contribution in [3.63, 3.8) is 0 Å². The molecule has 1 aromatic heterocycles. The standard InChI is InChI=1S/C32H35Cl2FN10O4/c1-19-4-9-24(35)25(42-19)10-13-29(47)44-26-17-22(43-32(48)49-3)7-8-23(26)30(31(34)38-2)40-15-14-39-28(46)12-5-20-16-21(33)6-11-27(20)45(37)18-41-36/h4-9,11-12,15-18,38H,10,13-14,36-37H2,1-3H3,(H,39,46)(H,43,48)(H,44,47)/b12-5+,31-30-,40-15?,41-18-. The van der Waals surface area contributed by atoms with Gasteiger partial charge in [-0.2, -0.15) is 5.10 Å². The number of hydrazine groups is 1.